The highest BCUT2D eigenvalue weighted by Crippen LogP contribution is 2.15. The fourth-order valence-electron chi connectivity index (χ4n) is 0.549. The van der Waals surface area contributed by atoms with Crippen molar-refractivity contribution in [3.05, 3.63) is 34.6 Å². The minimum atomic E-state index is -0.376. The molecule has 1 aromatic rings. The second kappa shape index (κ2) is 2.36. The number of rotatable bonds is 0. The fourth-order valence-corrected chi connectivity index (χ4v) is 0.762. The summed E-state index contributed by atoms with van der Waals surface area (Å²) in [5.74, 6) is -0.376. The van der Waals surface area contributed by atoms with Crippen LogP contribution in [-0.2, 0) is 0 Å². The summed E-state index contributed by atoms with van der Waals surface area (Å²) in [6.45, 7) is 1.66. The lowest BCUT2D eigenvalue weighted by Gasteiger charge is -1.94. The first-order valence-corrected chi connectivity index (χ1v) is 2.92. The van der Waals surface area contributed by atoms with E-state index in [1.807, 2.05) is 0 Å². The van der Waals surface area contributed by atoms with Crippen LogP contribution in [0.15, 0.2) is 12.1 Å². The highest BCUT2D eigenvalue weighted by atomic mass is 35.5. The monoisotopic (exact) mass is 143 g/mol. The summed E-state index contributed by atoms with van der Waals surface area (Å²) in [4.78, 5) is 0. The summed E-state index contributed by atoms with van der Waals surface area (Å²) in [5.41, 5.74) is 0.554. The van der Waals surface area contributed by atoms with Gasteiger partial charge in [0.15, 0.2) is 0 Å². The number of hydrogen-bond donors (Lipinski definition) is 0. The smallest absolute Gasteiger partial charge is 0.145 e. The molecular weight excluding hydrogens is 139 g/mol. The predicted octanol–water partition coefficient (Wildman–Crippen LogP) is 2.59. The fraction of sp³-hybridized carbons (Fsp3) is 0.143. The number of hydrogen-bond acceptors (Lipinski definition) is 0. The summed E-state index contributed by atoms with van der Waals surface area (Å²) >= 11 is 5.38. The van der Waals surface area contributed by atoms with Gasteiger partial charge in [0.25, 0.3) is 0 Å². The molecule has 0 heterocycles. The minimum absolute atomic E-state index is 0.0648. The molecule has 0 aliphatic heterocycles. The summed E-state index contributed by atoms with van der Waals surface area (Å²) in [5, 5.41) is 0.0648. The van der Waals surface area contributed by atoms with Gasteiger partial charge in [-0.25, -0.2) is 4.39 Å². The van der Waals surface area contributed by atoms with Gasteiger partial charge in [-0.3, -0.25) is 0 Å². The van der Waals surface area contributed by atoms with Gasteiger partial charge in [-0.05, 0) is 12.5 Å². The average Bonchev–Trinajstić information content (AvgIpc) is 1.83. The van der Waals surface area contributed by atoms with Crippen LogP contribution in [0.25, 0.3) is 0 Å². The van der Waals surface area contributed by atoms with Crippen molar-refractivity contribution in [2.24, 2.45) is 0 Å². The van der Waals surface area contributed by atoms with Gasteiger partial charge in [0, 0.05) is 6.07 Å². The maximum atomic E-state index is 12.6. The van der Waals surface area contributed by atoms with Gasteiger partial charge in [0.1, 0.15) is 5.82 Å². The second-order valence-electron chi connectivity index (χ2n) is 1.79. The maximum Gasteiger partial charge on any atom is 0.145 e. The quantitative estimate of drug-likeness (QED) is 0.524. The van der Waals surface area contributed by atoms with Gasteiger partial charge in [-0.15, -0.1) is 0 Å². The molecule has 0 fully saturated rings. The lowest BCUT2D eigenvalue weighted by atomic mass is 10.2. The Bertz CT molecular complexity index is 200. The van der Waals surface area contributed by atoms with Crippen molar-refractivity contribution in [1.82, 2.24) is 0 Å². The first kappa shape index (κ1) is 6.56. The minimum Gasteiger partial charge on any atom is -0.205 e. The van der Waals surface area contributed by atoms with Crippen molar-refractivity contribution in [2.45, 2.75) is 6.92 Å². The van der Waals surface area contributed by atoms with E-state index in [-0.39, 0.29) is 10.8 Å². The molecule has 0 amide bonds. The van der Waals surface area contributed by atoms with Crippen LogP contribution in [0.5, 0.6) is 0 Å². The molecule has 0 aliphatic carbocycles. The number of aryl methyl sites for hydroxylation is 1. The Morgan fingerprint density at radius 1 is 1.67 bits per heavy atom. The summed E-state index contributed by atoms with van der Waals surface area (Å²) < 4.78 is 12.6. The van der Waals surface area contributed by atoms with E-state index >= 15 is 0 Å². The van der Waals surface area contributed by atoms with Crippen molar-refractivity contribution in [3.63, 3.8) is 0 Å². The highest BCUT2D eigenvalue weighted by molar-refractivity contribution is 6.30. The van der Waals surface area contributed by atoms with Gasteiger partial charge in [0.05, 0.1) is 5.02 Å². The molecule has 2 heteroatoms. The lowest BCUT2D eigenvalue weighted by molar-refractivity contribution is 0.618. The van der Waals surface area contributed by atoms with Crippen molar-refractivity contribution in [2.75, 3.05) is 0 Å². The molecule has 0 unspecified atom stereocenters. The topological polar surface area (TPSA) is 0 Å². The lowest BCUT2D eigenvalue weighted by Crippen LogP contribution is -1.80. The van der Waals surface area contributed by atoms with Crippen molar-refractivity contribution in [1.29, 1.82) is 0 Å². The Balaban J connectivity index is 3.25. The molecule has 0 saturated heterocycles. The van der Waals surface area contributed by atoms with E-state index in [1.54, 1.807) is 19.1 Å². The number of halogens is 2. The zero-order valence-corrected chi connectivity index (χ0v) is 5.67. The third kappa shape index (κ3) is 1.22. The summed E-state index contributed by atoms with van der Waals surface area (Å²) in [6.07, 6.45) is 0. The Kier molecular flexibility index (Phi) is 1.72. The first-order valence-electron chi connectivity index (χ1n) is 2.54. The van der Waals surface area contributed by atoms with E-state index in [0.717, 1.165) is 0 Å². The van der Waals surface area contributed by atoms with E-state index in [0.29, 0.717) is 5.56 Å². The molecule has 0 aromatic heterocycles. The molecule has 1 radical (unpaired) electrons. The average molecular weight is 144 g/mol. The Morgan fingerprint density at radius 2 is 2.33 bits per heavy atom. The van der Waals surface area contributed by atoms with Crippen LogP contribution < -0.4 is 0 Å². The first-order chi connectivity index (χ1) is 4.22. The molecule has 0 spiro atoms. The van der Waals surface area contributed by atoms with E-state index < -0.39 is 0 Å². The van der Waals surface area contributed by atoms with Gasteiger partial charge in [-0.2, -0.15) is 0 Å². The zero-order chi connectivity index (χ0) is 6.85. The van der Waals surface area contributed by atoms with Crippen LogP contribution in [0.2, 0.25) is 5.02 Å². The van der Waals surface area contributed by atoms with Gasteiger partial charge >= 0.3 is 0 Å². The molecule has 0 aliphatic rings. The van der Waals surface area contributed by atoms with E-state index in [2.05, 4.69) is 6.07 Å². The molecule has 9 heavy (non-hydrogen) atoms. The van der Waals surface area contributed by atoms with E-state index in [4.69, 9.17) is 11.6 Å². The molecule has 0 N–H and O–H groups in total. The highest BCUT2D eigenvalue weighted by Gasteiger charge is 1.99. The molecule has 1 rings (SSSR count). The molecule has 0 saturated carbocycles. The predicted molar refractivity (Wildman–Crippen MR) is 35.0 cm³/mol. The Hall–Kier alpha value is -0.560. The largest absolute Gasteiger partial charge is 0.205 e. The van der Waals surface area contributed by atoms with Gasteiger partial charge in [-0.1, -0.05) is 23.7 Å². The Morgan fingerprint density at radius 3 is 2.78 bits per heavy atom. The zero-order valence-electron chi connectivity index (χ0n) is 4.91. The third-order valence-electron chi connectivity index (χ3n) is 1.08. The summed E-state index contributed by atoms with van der Waals surface area (Å²) in [6, 6.07) is 5.75. The SMILES string of the molecule is Cc1cc[c]c(Cl)c1F. The molecular formula is C7H5ClF. The standard InChI is InChI=1S/C7H5ClF/c1-5-3-2-4-6(8)7(5)9/h2-3H,1H3. The summed E-state index contributed by atoms with van der Waals surface area (Å²) in [7, 11) is 0. The molecule has 47 valence electrons. The van der Waals surface area contributed by atoms with Crippen molar-refractivity contribution in [3.8, 4) is 0 Å². The van der Waals surface area contributed by atoms with Gasteiger partial charge in [0.2, 0.25) is 0 Å². The van der Waals surface area contributed by atoms with Crippen molar-refractivity contribution >= 4 is 11.6 Å². The van der Waals surface area contributed by atoms with E-state index in [1.165, 1.54) is 0 Å². The maximum absolute atomic E-state index is 12.6. The van der Waals surface area contributed by atoms with Crippen LogP contribution in [0, 0.1) is 18.8 Å². The van der Waals surface area contributed by atoms with Crippen LogP contribution in [0.4, 0.5) is 4.39 Å². The van der Waals surface area contributed by atoms with Crippen molar-refractivity contribution < 1.29 is 4.39 Å². The van der Waals surface area contributed by atoms with Crippen LogP contribution in [-0.4, -0.2) is 0 Å². The van der Waals surface area contributed by atoms with E-state index in [9.17, 15) is 4.39 Å². The number of benzene rings is 1. The van der Waals surface area contributed by atoms with Crippen LogP contribution in [0.3, 0.4) is 0 Å². The van der Waals surface area contributed by atoms with Crippen LogP contribution >= 0.6 is 11.6 Å². The normalized spacial score (nSPS) is 9.67. The molecule has 0 bridgehead atoms. The molecule has 0 atom stereocenters. The Labute approximate surface area is 58.3 Å². The van der Waals surface area contributed by atoms with Gasteiger partial charge < -0.3 is 0 Å². The third-order valence-corrected chi connectivity index (χ3v) is 1.36. The van der Waals surface area contributed by atoms with Crippen LogP contribution in [0.1, 0.15) is 5.56 Å². The second-order valence-corrected chi connectivity index (χ2v) is 2.17. The molecule has 1 aromatic carbocycles. The molecule has 0 nitrogen and oxygen atoms in total.